The van der Waals surface area contributed by atoms with Crippen molar-refractivity contribution in [3.05, 3.63) is 83.9 Å². The van der Waals surface area contributed by atoms with Crippen LogP contribution in [0.4, 0.5) is 5.69 Å². The van der Waals surface area contributed by atoms with Gasteiger partial charge in [0.25, 0.3) is 0 Å². The molecule has 1 unspecified atom stereocenters. The van der Waals surface area contributed by atoms with Crippen molar-refractivity contribution >= 4 is 11.6 Å². The normalized spacial score (nSPS) is 15.7. The second-order valence-electron chi connectivity index (χ2n) is 6.93. The van der Waals surface area contributed by atoms with E-state index in [1.54, 1.807) is 12.5 Å². The van der Waals surface area contributed by atoms with Gasteiger partial charge in [-0.3, -0.25) is 4.79 Å². The van der Waals surface area contributed by atoms with Crippen molar-refractivity contribution in [1.29, 1.82) is 0 Å². The molecule has 1 N–H and O–H groups in total. The van der Waals surface area contributed by atoms with E-state index in [2.05, 4.69) is 4.98 Å². The molecule has 0 saturated carbocycles. The van der Waals surface area contributed by atoms with Gasteiger partial charge in [0, 0.05) is 25.2 Å². The molecule has 2 aromatic carbocycles. The predicted molar refractivity (Wildman–Crippen MR) is 104 cm³/mol. The maximum absolute atomic E-state index is 12.1. The van der Waals surface area contributed by atoms with Crippen LogP contribution < -0.4 is 4.90 Å². The van der Waals surface area contributed by atoms with Crippen LogP contribution in [0, 0.1) is 0 Å². The fraction of sp³-hybridized carbons (Fsp3) is 0.273. The lowest BCUT2D eigenvalue weighted by molar-refractivity contribution is -0.119. The molecule has 1 aliphatic heterocycles. The number of benzene rings is 2. The van der Waals surface area contributed by atoms with Crippen LogP contribution in [0.15, 0.2) is 67.1 Å². The number of rotatable bonds is 5. The number of nitrogens with zero attached hydrogens (tertiary/aromatic N) is 3. The van der Waals surface area contributed by atoms with E-state index in [0.717, 1.165) is 41.9 Å². The summed E-state index contributed by atoms with van der Waals surface area (Å²) >= 11 is 0. The molecular weight excluding hydrogens is 338 g/mol. The molecule has 0 aliphatic carbocycles. The van der Waals surface area contributed by atoms with Crippen molar-refractivity contribution in [1.82, 2.24) is 9.55 Å². The highest BCUT2D eigenvalue weighted by Gasteiger charge is 2.19. The number of aliphatic hydroxyl groups excluding tert-OH is 1. The van der Waals surface area contributed by atoms with Crippen LogP contribution in [0.3, 0.4) is 0 Å². The van der Waals surface area contributed by atoms with Gasteiger partial charge in [0.05, 0.1) is 18.2 Å². The zero-order valence-electron chi connectivity index (χ0n) is 15.2. The summed E-state index contributed by atoms with van der Waals surface area (Å²) in [6.07, 6.45) is 5.42. The molecule has 5 heteroatoms. The van der Waals surface area contributed by atoms with E-state index in [9.17, 15) is 9.90 Å². The summed E-state index contributed by atoms with van der Waals surface area (Å²) in [5, 5.41) is 10.7. The molecule has 2 heterocycles. The Morgan fingerprint density at radius 3 is 2.56 bits per heavy atom. The lowest BCUT2D eigenvalue weighted by atomic mass is 10.1. The third-order valence-electron chi connectivity index (χ3n) is 5.06. The SMILES string of the molecule is O=C1CCCCN1c1ccc(Cn2cncc2C(O)c2ccccc2)cc1. The summed E-state index contributed by atoms with van der Waals surface area (Å²) in [5.74, 6) is 0.205. The molecular formula is C22H23N3O2. The molecule has 1 fully saturated rings. The molecule has 138 valence electrons. The van der Waals surface area contributed by atoms with Gasteiger partial charge in [-0.15, -0.1) is 0 Å². The number of piperidine rings is 1. The summed E-state index contributed by atoms with van der Waals surface area (Å²) in [6, 6.07) is 17.7. The number of aliphatic hydroxyl groups is 1. The van der Waals surface area contributed by atoms with Crippen molar-refractivity contribution in [2.24, 2.45) is 0 Å². The molecule has 0 bridgehead atoms. The smallest absolute Gasteiger partial charge is 0.226 e. The molecule has 5 nitrogen and oxygen atoms in total. The monoisotopic (exact) mass is 361 g/mol. The third kappa shape index (κ3) is 3.78. The average Bonchev–Trinajstić information content (AvgIpc) is 3.17. The molecule has 4 rings (SSSR count). The fourth-order valence-corrected chi connectivity index (χ4v) is 3.55. The Balaban J connectivity index is 1.50. The second-order valence-corrected chi connectivity index (χ2v) is 6.93. The Labute approximate surface area is 158 Å². The Bertz CT molecular complexity index is 903. The van der Waals surface area contributed by atoms with Crippen LogP contribution in [0.2, 0.25) is 0 Å². The van der Waals surface area contributed by atoms with Crippen molar-refractivity contribution in [3.8, 4) is 0 Å². The van der Waals surface area contributed by atoms with Gasteiger partial charge < -0.3 is 14.6 Å². The van der Waals surface area contributed by atoms with Gasteiger partial charge in [-0.1, -0.05) is 42.5 Å². The van der Waals surface area contributed by atoms with Crippen molar-refractivity contribution in [3.63, 3.8) is 0 Å². The summed E-state index contributed by atoms with van der Waals surface area (Å²) < 4.78 is 1.96. The topological polar surface area (TPSA) is 58.4 Å². The Kier molecular flexibility index (Phi) is 5.03. The maximum Gasteiger partial charge on any atom is 0.226 e. The Morgan fingerprint density at radius 2 is 1.81 bits per heavy atom. The van der Waals surface area contributed by atoms with Crippen molar-refractivity contribution in [2.75, 3.05) is 11.4 Å². The molecule has 1 aliphatic rings. The standard InChI is InChI=1S/C22H23N3O2/c26-21-8-4-5-13-25(21)19-11-9-17(10-12-19)15-24-16-23-14-20(24)22(27)18-6-2-1-3-7-18/h1-3,6-7,9-12,14,16,22,27H,4-5,8,13,15H2. The lowest BCUT2D eigenvalue weighted by Crippen LogP contribution is -2.35. The first kappa shape index (κ1) is 17.5. The minimum Gasteiger partial charge on any atom is -0.382 e. The number of carbonyl (C=O) groups excluding carboxylic acids is 1. The van der Waals surface area contributed by atoms with Gasteiger partial charge in [0.15, 0.2) is 0 Å². The fourth-order valence-electron chi connectivity index (χ4n) is 3.55. The quantitative estimate of drug-likeness (QED) is 0.756. The minimum atomic E-state index is -0.709. The van der Waals surface area contributed by atoms with Crippen LogP contribution in [0.5, 0.6) is 0 Å². The summed E-state index contributed by atoms with van der Waals surface area (Å²) in [5.41, 5.74) is 3.66. The van der Waals surface area contributed by atoms with Crippen LogP contribution in [0.1, 0.15) is 42.2 Å². The number of hydrogen-bond acceptors (Lipinski definition) is 3. The molecule has 1 atom stereocenters. The van der Waals surface area contributed by atoms with Gasteiger partial charge in [-0.05, 0) is 36.1 Å². The van der Waals surface area contributed by atoms with Gasteiger partial charge >= 0.3 is 0 Å². The number of amides is 1. The second kappa shape index (κ2) is 7.76. The van der Waals surface area contributed by atoms with E-state index < -0.39 is 6.10 Å². The summed E-state index contributed by atoms with van der Waals surface area (Å²) in [4.78, 5) is 18.2. The first-order valence-corrected chi connectivity index (χ1v) is 9.35. The van der Waals surface area contributed by atoms with E-state index in [1.807, 2.05) is 64.1 Å². The minimum absolute atomic E-state index is 0.205. The molecule has 1 amide bonds. The van der Waals surface area contributed by atoms with Crippen LogP contribution in [0.25, 0.3) is 0 Å². The van der Waals surface area contributed by atoms with Crippen molar-refractivity contribution in [2.45, 2.75) is 31.9 Å². The zero-order valence-corrected chi connectivity index (χ0v) is 15.2. The van der Waals surface area contributed by atoms with E-state index in [4.69, 9.17) is 0 Å². The molecule has 1 aromatic heterocycles. The number of carbonyl (C=O) groups is 1. The number of hydrogen-bond donors (Lipinski definition) is 1. The Hall–Kier alpha value is -2.92. The highest BCUT2D eigenvalue weighted by atomic mass is 16.3. The molecule has 1 saturated heterocycles. The highest BCUT2D eigenvalue weighted by Crippen LogP contribution is 2.24. The first-order chi connectivity index (χ1) is 13.2. The molecule has 0 spiro atoms. The van der Waals surface area contributed by atoms with Gasteiger partial charge in [-0.25, -0.2) is 4.98 Å². The first-order valence-electron chi connectivity index (χ1n) is 9.35. The Morgan fingerprint density at radius 1 is 1.04 bits per heavy atom. The third-order valence-corrected chi connectivity index (χ3v) is 5.06. The van der Waals surface area contributed by atoms with Gasteiger partial charge in [0.1, 0.15) is 6.10 Å². The van der Waals surface area contributed by atoms with Gasteiger partial charge in [0.2, 0.25) is 5.91 Å². The summed E-state index contributed by atoms with van der Waals surface area (Å²) in [6.45, 7) is 1.42. The largest absolute Gasteiger partial charge is 0.382 e. The van der Waals surface area contributed by atoms with Gasteiger partial charge in [-0.2, -0.15) is 0 Å². The zero-order chi connectivity index (χ0) is 18.6. The number of imidazole rings is 1. The average molecular weight is 361 g/mol. The lowest BCUT2D eigenvalue weighted by Gasteiger charge is -2.27. The highest BCUT2D eigenvalue weighted by molar-refractivity contribution is 5.93. The maximum atomic E-state index is 12.1. The van der Waals surface area contributed by atoms with E-state index in [-0.39, 0.29) is 5.91 Å². The van der Waals surface area contributed by atoms with Crippen LogP contribution >= 0.6 is 0 Å². The van der Waals surface area contributed by atoms with E-state index >= 15 is 0 Å². The van der Waals surface area contributed by atoms with E-state index in [1.165, 1.54) is 0 Å². The summed E-state index contributed by atoms with van der Waals surface area (Å²) in [7, 11) is 0. The molecule has 27 heavy (non-hydrogen) atoms. The van der Waals surface area contributed by atoms with Crippen LogP contribution in [-0.2, 0) is 11.3 Å². The number of anilines is 1. The van der Waals surface area contributed by atoms with Crippen molar-refractivity contribution < 1.29 is 9.90 Å². The molecule has 0 radical (unpaired) electrons. The van der Waals surface area contributed by atoms with E-state index in [0.29, 0.717) is 13.0 Å². The predicted octanol–water partition coefficient (Wildman–Crippen LogP) is 3.53. The van der Waals surface area contributed by atoms with Crippen LogP contribution in [-0.4, -0.2) is 27.1 Å². The number of aromatic nitrogens is 2. The molecule has 3 aromatic rings.